The Bertz CT molecular complexity index is 892. The summed E-state index contributed by atoms with van der Waals surface area (Å²) in [6.45, 7) is 17.1. The van der Waals surface area contributed by atoms with E-state index in [9.17, 15) is 14.4 Å². The van der Waals surface area contributed by atoms with Crippen LogP contribution in [0.25, 0.3) is 0 Å². The van der Waals surface area contributed by atoms with Crippen LogP contribution in [0.4, 0.5) is 0 Å². The number of fused-ring (bicyclic) bond motifs is 1. The maximum absolute atomic E-state index is 13.3. The van der Waals surface area contributed by atoms with Gasteiger partial charge in [0.2, 0.25) is 0 Å². The molecule has 1 aliphatic rings. The second-order valence-electron chi connectivity index (χ2n) is 12.2. The van der Waals surface area contributed by atoms with Gasteiger partial charge in [0.1, 0.15) is 11.6 Å². The normalized spacial score (nSPS) is 17.9. The van der Waals surface area contributed by atoms with Crippen molar-refractivity contribution in [3.63, 3.8) is 0 Å². The van der Waals surface area contributed by atoms with Crippen LogP contribution in [0.3, 0.4) is 0 Å². The van der Waals surface area contributed by atoms with Crippen molar-refractivity contribution in [1.29, 1.82) is 0 Å². The van der Waals surface area contributed by atoms with Gasteiger partial charge in [-0.1, -0.05) is 79.9 Å². The van der Waals surface area contributed by atoms with Crippen molar-refractivity contribution < 1.29 is 14.4 Å². The minimum absolute atomic E-state index is 0.0429. The lowest BCUT2D eigenvalue weighted by molar-refractivity contribution is -0.131. The number of ketones is 3. The number of Topliss-reactive ketones (excluding diaryl/α,β-unsaturated/α-hetero) is 3. The summed E-state index contributed by atoms with van der Waals surface area (Å²) in [5, 5.41) is 0. The summed E-state index contributed by atoms with van der Waals surface area (Å²) in [7, 11) is 0. The number of rotatable bonds is 14. The molecule has 3 atom stereocenters. The topological polar surface area (TPSA) is 51.2 Å². The summed E-state index contributed by atoms with van der Waals surface area (Å²) in [6, 6.07) is 4.29. The zero-order valence-electron chi connectivity index (χ0n) is 23.8. The molecule has 1 aliphatic carbocycles. The smallest absolute Gasteiger partial charge is 0.163 e. The highest BCUT2D eigenvalue weighted by atomic mass is 16.1. The van der Waals surface area contributed by atoms with Gasteiger partial charge in [-0.15, -0.1) is 0 Å². The van der Waals surface area contributed by atoms with Crippen LogP contribution in [0, 0.1) is 30.1 Å². The molecular weight excluding hydrogens is 432 g/mol. The standard InChI is InChI=1S/C32H50O3/c1-9-12-24(26(11-3)29(34)19-25(33)20-32(7,8)15-10-2)16-23-17-28-27(21(4)5)14-13-22(6)31(28)30(35)18-23/h13-14,21,23-24,26H,9-12,15-20H2,1-8H3. The monoisotopic (exact) mass is 482 g/mol. The summed E-state index contributed by atoms with van der Waals surface area (Å²) in [6.07, 6.45) is 7.73. The van der Waals surface area contributed by atoms with Gasteiger partial charge in [0, 0.05) is 24.3 Å². The number of carbonyl (C=O) groups excluding carboxylic acids is 3. The summed E-state index contributed by atoms with van der Waals surface area (Å²) < 4.78 is 0. The lowest BCUT2D eigenvalue weighted by Crippen LogP contribution is -2.31. The van der Waals surface area contributed by atoms with Gasteiger partial charge in [0.05, 0.1) is 6.42 Å². The quantitative estimate of drug-likeness (QED) is 0.250. The maximum Gasteiger partial charge on any atom is 0.163 e. The number of hydrogen-bond acceptors (Lipinski definition) is 3. The molecule has 0 bridgehead atoms. The number of hydrogen-bond donors (Lipinski definition) is 0. The van der Waals surface area contributed by atoms with Crippen molar-refractivity contribution >= 4 is 17.3 Å². The van der Waals surface area contributed by atoms with Crippen LogP contribution in [0.5, 0.6) is 0 Å². The van der Waals surface area contributed by atoms with Crippen LogP contribution in [0.1, 0.15) is 139 Å². The largest absolute Gasteiger partial charge is 0.299 e. The molecule has 0 aromatic heterocycles. The second kappa shape index (κ2) is 13.0. The zero-order valence-corrected chi connectivity index (χ0v) is 23.8. The Morgan fingerprint density at radius 1 is 1.06 bits per heavy atom. The molecule has 0 spiro atoms. The molecule has 0 radical (unpaired) electrons. The molecule has 1 aromatic carbocycles. The average molecular weight is 483 g/mol. The lowest BCUT2D eigenvalue weighted by Gasteiger charge is -2.33. The van der Waals surface area contributed by atoms with Gasteiger partial charge >= 0.3 is 0 Å². The molecular formula is C32H50O3. The van der Waals surface area contributed by atoms with E-state index >= 15 is 0 Å². The van der Waals surface area contributed by atoms with Crippen LogP contribution in [-0.4, -0.2) is 17.3 Å². The molecule has 35 heavy (non-hydrogen) atoms. The highest BCUT2D eigenvalue weighted by Crippen LogP contribution is 2.39. The average Bonchev–Trinajstić information content (AvgIpc) is 2.73. The van der Waals surface area contributed by atoms with Crippen LogP contribution in [0.2, 0.25) is 0 Å². The van der Waals surface area contributed by atoms with E-state index in [0.717, 1.165) is 56.1 Å². The van der Waals surface area contributed by atoms with Crippen molar-refractivity contribution in [2.45, 2.75) is 126 Å². The van der Waals surface area contributed by atoms with Crippen molar-refractivity contribution in [2.75, 3.05) is 0 Å². The van der Waals surface area contributed by atoms with E-state index in [1.165, 1.54) is 11.1 Å². The van der Waals surface area contributed by atoms with Crippen molar-refractivity contribution in [1.82, 2.24) is 0 Å². The fourth-order valence-electron chi connectivity index (χ4n) is 6.61. The van der Waals surface area contributed by atoms with Crippen molar-refractivity contribution in [3.05, 3.63) is 34.4 Å². The highest BCUT2D eigenvalue weighted by molar-refractivity contribution is 6.01. The predicted molar refractivity (Wildman–Crippen MR) is 146 cm³/mol. The maximum atomic E-state index is 13.3. The zero-order chi connectivity index (χ0) is 26.3. The highest BCUT2D eigenvalue weighted by Gasteiger charge is 2.34. The molecule has 0 amide bonds. The minimum Gasteiger partial charge on any atom is -0.299 e. The Morgan fingerprint density at radius 2 is 1.74 bits per heavy atom. The van der Waals surface area contributed by atoms with E-state index in [4.69, 9.17) is 0 Å². The Morgan fingerprint density at radius 3 is 2.31 bits per heavy atom. The van der Waals surface area contributed by atoms with Crippen molar-refractivity contribution in [3.8, 4) is 0 Å². The van der Waals surface area contributed by atoms with Gasteiger partial charge in [-0.3, -0.25) is 14.4 Å². The molecule has 0 fully saturated rings. The SMILES string of the molecule is CCCC(CC1CC(=O)c2c(C)ccc(C(C)C)c2C1)C(CC)C(=O)CC(=O)CC(C)(C)CCC. The van der Waals surface area contributed by atoms with Gasteiger partial charge in [0.25, 0.3) is 0 Å². The number of benzene rings is 1. The second-order valence-corrected chi connectivity index (χ2v) is 12.2. The summed E-state index contributed by atoms with van der Waals surface area (Å²) >= 11 is 0. The predicted octanol–water partition coefficient (Wildman–Crippen LogP) is 8.44. The molecule has 0 heterocycles. The van der Waals surface area contributed by atoms with Gasteiger partial charge in [-0.05, 0) is 72.5 Å². The molecule has 0 N–H and O–H groups in total. The molecule has 3 heteroatoms. The number of aryl methyl sites for hydroxylation is 1. The summed E-state index contributed by atoms with van der Waals surface area (Å²) in [4.78, 5) is 39.4. The van der Waals surface area contributed by atoms with E-state index in [1.54, 1.807) is 0 Å². The molecule has 1 aromatic rings. The first-order chi connectivity index (χ1) is 16.4. The Balaban J connectivity index is 2.18. The lowest BCUT2D eigenvalue weighted by atomic mass is 9.70. The van der Waals surface area contributed by atoms with Crippen LogP contribution >= 0.6 is 0 Å². The van der Waals surface area contributed by atoms with E-state index in [2.05, 4.69) is 60.6 Å². The third-order valence-corrected chi connectivity index (χ3v) is 8.12. The van der Waals surface area contributed by atoms with Crippen molar-refractivity contribution in [2.24, 2.45) is 23.2 Å². The Hall–Kier alpha value is -1.77. The van der Waals surface area contributed by atoms with E-state index in [1.807, 2.05) is 6.92 Å². The molecule has 196 valence electrons. The minimum atomic E-state index is -0.0910. The van der Waals surface area contributed by atoms with Crippen LogP contribution in [0.15, 0.2) is 12.1 Å². The number of carbonyl (C=O) groups is 3. The fraction of sp³-hybridized carbons (Fsp3) is 0.719. The Kier molecular flexibility index (Phi) is 10.9. The van der Waals surface area contributed by atoms with Gasteiger partial charge in [-0.2, -0.15) is 0 Å². The first-order valence-electron chi connectivity index (χ1n) is 14.1. The van der Waals surface area contributed by atoms with Gasteiger partial charge < -0.3 is 0 Å². The molecule has 3 unspecified atom stereocenters. The summed E-state index contributed by atoms with van der Waals surface area (Å²) in [5.74, 6) is 1.26. The van der Waals surface area contributed by atoms with Gasteiger partial charge in [-0.25, -0.2) is 0 Å². The first kappa shape index (κ1) is 29.5. The third-order valence-electron chi connectivity index (χ3n) is 8.12. The molecule has 0 aliphatic heterocycles. The Labute approximate surface area is 214 Å². The van der Waals surface area contributed by atoms with Crippen LogP contribution < -0.4 is 0 Å². The molecule has 0 saturated heterocycles. The van der Waals surface area contributed by atoms with E-state index < -0.39 is 0 Å². The fourth-order valence-corrected chi connectivity index (χ4v) is 6.61. The first-order valence-corrected chi connectivity index (χ1v) is 14.1. The molecule has 2 rings (SSSR count). The summed E-state index contributed by atoms with van der Waals surface area (Å²) in [5.41, 5.74) is 4.52. The third kappa shape index (κ3) is 7.86. The van der Waals surface area contributed by atoms with E-state index in [-0.39, 0.29) is 46.9 Å². The van der Waals surface area contributed by atoms with Crippen LogP contribution in [-0.2, 0) is 16.0 Å². The molecule has 3 nitrogen and oxygen atoms in total. The van der Waals surface area contributed by atoms with Gasteiger partial charge in [0.15, 0.2) is 5.78 Å². The molecule has 0 saturated carbocycles. The van der Waals surface area contributed by atoms with E-state index in [0.29, 0.717) is 18.8 Å².